The van der Waals surface area contributed by atoms with Crippen molar-refractivity contribution < 1.29 is 4.39 Å². The van der Waals surface area contributed by atoms with Gasteiger partial charge in [0.1, 0.15) is 5.82 Å². The van der Waals surface area contributed by atoms with Crippen molar-refractivity contribution in [2.24, 2.45) is 5.73 Å². The average molecular weight is 243 g/mol. The fraction of sp³-hybridized carbons (Fsp3) is 0.250. The van der Waals surface area contributed by atoms with Gasteiger partial charge in [-0.15, -0.1) is 0 Å². The van der Waals surface area contributed by atoms with E-state index in [4.69, 9.17) is 5.73 Å². The molecule has 0 saturated carbocycles. The molecule has 1 atom stereocenters. The van der Waals surface area contributed by atoms with E-state index in [1.165, 1.54) is 17.2 Å². The lowest BCUT2D eigenvalue weighted by Crippen LogP contribution is -2.14. The molecule has 1 unspecified atom stereocenters. The molecule has 0 heterocycles. The van der Waals surface area contributed by atoms with Gasteiger partial charge in [-0.1, -0.05) is 30.3 Å². The first-order chi connectivity index (χ1) is 8.50. The number of hydrogen-bond acceptors (Lipinski definition) is 1. The molecular formula is C16H18FN. The van der Waals surface area contributed by atoms with Crippen LogP contribution in [0.25, 0.3) is 0 Å². The Morgan fingerprint density at radius 2 is 1.72 bits per heavy atom. The van der Waals surface area contributed by atoms with Gasteiger partial charge in [-0.25, -0.2) is 4.39 Å². The van der Waals surface area contributed by atoms with Crippen LogP contribution in [-0.2, 0) is 0 Å². The summed E-state index contributed by atoms with van der Waals surface area (Å²) in [5.74, 6) is -0.201. The molecule has 2 aromatic rings. The standard InChI is InChI=1S/C16H18FN/c1-10-5-4-6-14(12(10)3)16(18)13-8-7-11(2)15(17)9-13/h4-9,16H,18H2,1-3H3. The van der Waals surface area contributed by atoms with Gasteiger partial charge in [0.15, 0.2) is 0 Å². The predicted molar refractivity (Wildman–Crippen MR) is 73.1 cm³/mol. The van der Waals surface area contributed by atoms with Crippen molar-refractivity contribution in [1.82, 2.24) is 0 Å². The van der Waals surface area contributed by atoms with Crippen molar-refractivity contribution >= 4 is 0 Å². The van der Waals surface area contributed by atoms with E-state index in [2.05, 4.69) is 19.9 Å². The fourth-order valence-electron chi connectivity index (χ4n) is 2.09. The first-order valence-corrected chi connectivity index (χ1v) is 6.08. The summed E-state index contributed by atoms with van der Waals surface area (Å²) in [7, 11) is 0. The third kappa shape index (κ3) is 2.29. The fourth-order valence-corrected chi connectivity index (χ4v) is 2.09. The highest BCUT2D eigenvalue weighted by Gasteiger charge is 2.13. The van der Waals surface area contributed by atoms with Gasteiger partial charge in [-0.2, -0.15) is 0 Å². The molecule has 2 rings (SSSR count). The molecule has 2 heteroatoms. The summed E-state index contributed by atoms with van der Waals surface area (Å²) in [5.41, 5.74) is 11.1. The van der Waals surface area contributed by atoms with Gasteiger partial charge in [-0.05, 0) is 54.7 Å². The molecule has 18 heavy (non-hydrogen) atoms. The number of halogens is 1. The van der Waals surface area contributed by atoms with Gasteiger partial charge in [-0.3, -0.25) is 0 Å². The van der Waals surface area contributed by atoms with E-state index in [9.17, 15) is 4.39 Å². The Labute approximate surface area is 107 Å². The Balaban J connectivity index is 2.44. The van der Waals surface area contributed by atoms with Crippen LogP contribution < -0.4 is 5.73 Å². The molecule has 0 amide bonds. The van der Waals surface area contributed by atoms with E-state index >= 15 is 0 Å². The molecule has 0 radical (unpaired) electrons. The summed E-state index contributed by atoms with van der Waals surface area (Å²) in [4.78, 5) is 0. The topological polar surface area (TPSA) is 26.0 Å². The highest BCUT2D eigenvalue weighted by molar-refractivity contribution is 5.40. The maximum atomic E-state index is 13.6. The Bertz CT molecular complexity index is 575. The minimum Gasteiger partial charge on any atom is -0.320 e. The number of rotatable bonds is 2. The molecule has 0 bridgehead atoms. The zero-order valence-electron chi connectivity index (χ0n) is 11.0. The lowest BCUT2D eigenvalue weighted by atomic mass is 9.93. The first-order valence-electron chi connectivity index (χ1n) is 6.08. The molecule has 0 aromatic heterocycles. The van der Waals surface area contributed by atoms with Crippen molar-refractivity contribution in [3.05, 3.63) is 70.0 Å². The molecule has 1 nitrogen and oxygen atoms in total. The largest absolute Gasteiger partial charge is 0.320 e. The van der Waals surface area contributed by atoms with Crippen LogP contribution in [0.15, 0.2) is 36.4 Å². The third-order valence-corrected chi connectivity index (χ3v) is 3.54. The molecular weight excluding hydrogens is 225 g/mol. The van der Waals surface area contributed by atoms with E-state index in [1.807, 2.05) is 18.2 Å². The van der Waals surface area contributed by atoms with Crippen LogP contribution in [-0.4, -0.2) is 0 Å². The van der Waals surface area contributed by atoms with Crippen molar-refractivity contribution in [1.29, 1.82) is 0 Å². The Hall–Kier alpha value is -1.67. The Kier molecular flexibility index (Phi) is 3.48. The van der Waals surface area contributed by atoms with Gasteiger partial charge in [0.2, 0.25) is 0 Å². The minimum atomic E-state index is -0.278. The molecule has 0 spiro atoms. The zero-order chi connectivity index (χ0) is 13.3. The van der Waals surface area contributed by atoms with Crippen LogP contribution >= 0.6 is 0 Å². The third-order valence-electron chi connectivity index (χ3n) is 3.54. The maximum Gasteiger partial charge on any atom is 0.126 e. The SMILES string of the molecule is Cc1ccc(C(N)c2cccc(C)c2C)cc1F. The monoisotopic (exact) mass is 243 g/mol. The van der Waals surface area contributed by atoms with Crippen molar-refractivity contribution in [3.8, 4) is 0 Å². The quantitative estimate of drug-likeness (QED) is 0.853. The van der Waals surface area contributed by atoms with Crippen LogP contribution in [0.5, 0.6) is 0 Å². The van der Waals surface area contributed by atoms with Gasteiger partial charge < -0.3 is 5.73 Å². The lowest BCUT2D eigenvalue weighted by molar-refractivity contribution is 0.614. The van der Waals surface area contributed by atoms with Crippen molar-refractivity contribution in [2.75, 3.05) is 0 Å². The minimum absolute atomic E-state index is 0.201. The molecule has 0 fully saturated rings. The molecule has 2 aromatic carbocycles. The van der Waals surface area contributed by atoms with E-state index in [0.717, 1.165) is 11.1 Å². The van der Waals surface area contributed by atoms with E-state index in [0.29, 0.717) is 5.56 Å². The maximum absolute atomic E-state index is 13.6. The second-order valence-corrected chi connectivity index (χ2v) is 4.78. The first kappa shape index (κ1) is 12.8. The summed E-state index contributed by atoms with van der Waals surface area (Å²) in [6.45, 7) is 5.86. The van der Waals surface area contributed by atoms with Crippen molar-refractivity contribution in [2.45, 2.75) is 26.8 Å². The van der Waals surface area contributed by atoms with Crippen LogP contribution in [0.2, 0.25) is 0 Å². The Morgan fingerprint density at radius 1 is 1.00 bits per heavy atom. The van der Waals surface area contributed by atoms with Gasteiger partial charge in [0, 0.05) is 0 Å². The van der Waals surface area contributed by atoms with E-state index < -0.39 is 0 Å². The molecule has 0 aliphatic carbocycles. The smallest absolute Gasteiger partial charge is 0.126 e. The number of hydrogen-bond donors (Lipinski definition) is 1. The van der Waals surface area contributed by atoms with E-state index in [1.54, 1.807) is 13.0 Å². The summed E-state index contributed by atoms with van der Waals surface area (Å²) >= 11 is 0. The van der Waals surface area contributed by atoms with Gasteiger partial charge in [0.05, 0.1) is 6.04 Å². The van der Waals surface area contributed by atoms with Crippen LogP contribution in [0.1, 0.15) is 33.9 Å². The number of nitrogens with two attached hydrogens (primary N) is 1. The van der Waals surface area contributed by atoms with Gasteiger partial charge >= 0.3 is 0 Å². The second kappa shape index (κ2) is 4.91. The highest BCUT2D eigenvalue weighted by atomic mass is 19.1. The number of aryl methyl sites for hydroxylation is 2. The molecule has 0 saturated heterocycles. The van der Waals surface area contributed by atoms with E-state index in [-0.39, 0.29) is 11.9 Å². The highest BCUT2D eigenvalue weighted by Crippen LogP contribution is 2.25. The zero-order valence-corrected chi connectivity index (χ0v) is 11.0. The summed E-state index contributed by atoms with van der Waals surface area (Å²) < 4.78 is 13.6. The predicted octanol–water partition coefficient (Wildman–Crippen LogP) is 3.80. The number of benzene rings is 2. The second-order valence-electron chi connectivity index (χ2n) is 4.78. The lowest BCUT2D eigenvalue weighted by Gasteiger charge is -2.17. The molecule has 2 N–H and O–H groups in total. The van der Waals surface area contributed by atoms with Crippen LogP contribution in [0.4, 0.5) is 4.39 Å². The van der Waals surface area contributed by atoms with Gasteiger partial charge in [0.25, 0.3) is 0 Å². The van der Waals surface area contributed by atoms with Crippen LogP contribution in [0, 0.1) is 26.6 Å². The van der Waals surface area contributed by atoms with Crippen molar-refractivity contribution in [3.63, 3.8) is 0 Å². The molecule has 0 aliphatic heterocycles. The molecule has 0 aliphatic rings. The molecule has 94 valence electrons. The summed E-state index contributed by atoms with van der Waals surface area (Å²) in [6.07, 6.45) is 0. The normalized spacial score (nSPS) is 12.5. The summed E-state index contributed by atoms with van der Waals surface area (Å²) in [6, 6.07) is 11.0. The average Bonchev–Trinajstić information content (AvgIpc) is 2.35. The summed E-state index contributed by atoms with van der Waals surface area (Å²) in [5, 5.41) is 0. The Morgan fingerprint density at radius 3 is 2.39 bits per heavy atom. The van der Waals surface area contributed by atoms with Crippen LogP contribution in [0.3, 0.4) is 0 Å².